The van der Waals surface area contributed by atoms with Crippen molar-refractivity contribution in [2.24, 2.45) is 17.6 Å². The second-order valence-corrected chi connectivity index (χ2v) is 6.04. The fraction of sp³-hybridized carbons (Fsp3) is 0.923. The van der Waals surface area contributed by atoms with Crippen LogP contribution in [0.2, 0.25) is 0 Å². The van der Waals surface area contributed by atoms with Crippen LogP contribution in [0.25, 0.3) is 0 Å². The number of carboxylic acid groups (broad SMARTS) is 1. The van der Waals surface area contributed by atoms with Gasteiger partial charge >= 0.3 is 5.97 Å². The van der Waals surface area contributed by atoms with Gasteiger partial charge < -0.3 is 10.8 Å². The summed E-state index contributed by atoms with van der Waals surface area (Å²) >= 11 is 0. The second-order valence-electron chi connectivity index (χ2n) is 6.04. The van der Waals surface area contributed by atoms with Crippen molar-refractivity contribution in [2.45, 2.75) is 52.1 Å². The van der Waals surface area contributed by atoms with Gasteiger partial charge in [0.2, 0.25) is 0 Å². The van der Waals surface area contributed by atoms with Gasteiger partial charge in [-0.3, -0.25) is 9.69 Å². The van der Waals surface area contributed by atoms with Gasteiger partial charge in [-0.1, -0.05) is 13.8 Å². The lowest BCUT2D eigenvalue weighted by atomic mass is 9.93. The standard InChI is InChI=1S/C13H26N2O2/c1-9(2)7-15(10(3)4)8-13(14,12(16)17)11-5-6-11/h9-11H,5-8,14H2,1-4H3,(H,16,17). The van der Waals surface area contributed by atoms with Crippen molar-refractivity contribution in [3.63, 3.8) is 0 Å². The topological polar surface area (TPSA) is 66.6 Å². The van der Waals surface area contributed by atoms with E-state index in [9.17, 15) is 9.90 Å². The average Bonchev–Trinajstić information content (AvgIpc) is 2.98. The molecular formula is C13H26N2O2. The van der Waals surface area contributed by atoms with E-state index in [0.717, 1.165) is 19.4 Å². The van der Waals surface area contributed by atoms with Gasteiger partial charge in [-0.05, 0) is 38.5 Å². The van der Waals surface area contributed by atoms with Crippen LogP contribution in [0.5, 0.6) is 0 Å². The Bertz CT molecular complexity index is 275. The highest BCUT2D eigenvalue weighted by Crippen LogP contribution is 2.39. The Morgan fingerprint density at radius 1 is 1.41 bits per heavy atom. The molecule has 1 saturated carbocycles. The van der Waals surface area contributed by atoms with Gasteiger partial charge in [0.05, 0.1) is 0 Å². The zero-order valence-electron chi connectivity index (χ0n) is 11.4. The summed E-state index contributed by atoms with van der Waals surface area (Å²) < 4.78 is 0. The summed E-state index contributed by atoms with van der Waals surface area (Å²) in [5.74, 6) is -0.169. The Kier molecular flexibility index (Phi) is 4.55. The molecule has 0 spiro atoms. The van der Waals surface area contributed by atoms with Crippen molar-refractivity contribution >= 4 is 5.97 Å². The maximum atomic E-state index is 11.4. The molecule has 17 heavy (non-hydrogen) atoms. The molecule has 1 aliphatic carbocycles. The third-order valence-corrected chi connectivity index (χ3v) is 3.50. The summed E-state index contributed by atoms with van der Waals surface area (Å²) in [4.78, 5) is 13.6. The highest BCUT2D eigenvalue weighted by atomic mass is 16.4. The molecule has 1 aliphatic rings. The largest absolute Gasteiger partial charge is 0.480 e. The van der Waals surface area contributed by atoms with E-state index in [0.29, 0.717) is 18.5 Å². The molecule has 0 aromatic heterocycles. The summed E-state index contributed by atoms with van der Waals surface area (Å²) in [6.07, 6.45) is 1.91. The lowest BCUT2D eigenvalue weighted by Gasteiger charge is -2.35. The minimum absolute atomic E-state index is 0.161. The van der Waals surface area contributed by atoms with Gasteiger partial charge in [0, 0.05) is 19.1 Å². The van der Waals surface area contributed by atoms with Gasteiger partial charge in [-0.15, -0.1) is 0 Å². The van der Waals surface area contributed by atoms with Crippen molar-refractivity contribution in [1.29, 1.82) is 0 Å². The summed E-state index contributed by atoms with van der Waals surface area (Å²) in [6.45, 7) is 9.84. The number of carbonyl (C=O) groups is 1. The molecule has 1 atom stereocenters. The highest BCUT2D eigenvalue weighted by Gasteiger charge is 2.49. The van der Waals surface area contributed by atoms with E-state index < -0.39 is 11.5 Å². The summed E-state index contributed by atoms with van der Waals surface area (Å²) in [7, 11) is 0. The van der Waals surface area contributed by atoms with Crippen molar-refractivity contribution < 1.29 is 9.90 Å². The minimum Gasteiger partial charge on any atom is -0.480 e. The SMILES string of the molecule is CC(C)CN(CC(N)(C(=O)O)C1CC1)C(C)C. The smallest absolute Gasteiger partial charge is 0.325 e. The van der Waals surface area contributed by atoms with Crippen molar-refractivity contribution in [2.75, 3.05) is 13.1 Å². The summed E-state index contributed by atoms with van der Waals surface area (Å²) in [5, 5.41) is 9.36. The minimum atomic E-state index is -1.06. The van der Waals surface area contributed by atoms with Gasteiger partial charge in [0.25, 0.3) is 0 Å². The van der Waals surface area contributed by atoms with Crippen LogP contribution < -0.4 is 5.73 Å². The fourth-order valence-corrected chi connectivity index (χ4v) is 2.23. The van der Waals surface area contributed by atoms with E-state index in [4.69, 9.17) is 5.73 Å². The Balaban J connectivity index is 2.72. The Hall–Kier alpha value is -0.610. The Morgan fingerprint density at radius 3 is 2.24 bits per heavy atom. The molecule has 0 bridgehead atoms. The first-order chi connectivity index (χ1) is 7.77. The first-order valence-electron chi connectivity index (χ1n) is 6.53. The van der Waals surface area contributed by atoms with E-state index >= 15 is 0 Å². The first kappa shape index (κ1) is 14.5. The summed E-state index contributed by atoms with van der Waals surface area (Å²) in [6, 6.07) is 0.332. The molecule has 0 radical (unpaired) electrons. The van der Waals surface area contributed by atoms with Crippen LogP contribution in [-0.4, -0.2) is 40.6 Å². The van der Waals surface area contributed by atoms with Crippen LogP contribution in [0.1, 0.15) is 40.5 Å². The number of hydrogen-bond donors (Lipinski definition) is 2. The number of rotatable bonds is 7. The number of nitrogens with zero attached hydrogens (tertiary/aromatic N) is 1. The van der Waals surface area contributed by atoms with Crippen LogP contribution >= 0.6 is 0 Å². The van der Waals surface area contributed by atoms with Gasteiger partial charge in [-0.25, -0.2) is 0 Å². The van der Waals surface area contributed by atoms with Crippen molar-refractivity contribution in [3.8, 4) is 0 Å². The molecule has 100 valence electrons. The Labute approximate surface area is 104 Å². The molecular weight excluding hydrogens is 216 g/mol. The number of aliphatic carboxylic acids is 1. The van der Waals surface area contributed by atoms with Crippen LogP contribution in [0.4, 0.5) is 0 Å². The highest BCUT2D eigenvalue weighted by molar-refractivity contribution is 5.79. The van der Waals surface area contributed by atoms with Crippen LogP contribution in [0.15, 0.2) is 0 Å². The monoisotopic (exact) mass is 242 g/mol. The normalized spacial score (nSPS) is 20.0. The third-order valence-electron chi connectivity index (χ3n) is 3.50. The van der Waals surface area contributed by atoms with Crippen LogP contribution in [0.3, 0.4) is 0 Å². The maximum absolute atomic E-state index is 11.4. The second kappa shape index (κ2) is 5.36. The zero-order chi connectivity index (χ0) is 13.2. The molecule has 0 saturated heterocycles. The van der Waals surface area contributed by atoms with E-state index in [-0.39, 0.29) is 5.92 Å². The molecule has 4 heteroatoms. The predicted molar refractivity (Wildman–Crippen MR) is 68.8 cm³/mol. The van der Waals surface area contributed by atoms with E-state index in [1.807, 2.05) is 0 Å². The number of hydrogen-bond acceptors (Lipinski definition) is 3. The molecule has 3 N–H and O–H groups in total. The van der Waals surface area contributed by atoms with E-state index in [2.05, 4.69) is 32.6 Å². The maximum Gasteiger partial charge on any atom is 0.325 e. The predicted octanol–water partition coefficient (Wildman–Crippen LogP) is 1.54. The molecule has 0 aromatic rings. The third kappa shape index (κ3) is 3.68. The van der Waals surface area contributed by atoms with Gasteiger partial charge in [0.1, 0.15) is 5.54 Å². The van der Waals surface area contributed by atoms with Crippen molar-refractivity contribution in [1.82, 2.24) is 4.90 Å². The van der Waals surface area contributed by atoms with Crippen LogP contribution in [-0.2, 0) is 4.79 Å². The van der Waals surface area contributed by atoms with Gasteiger partial charge in [0.15, 0.2) is 0 Å². The molecule has 1 rings (SSSR count). The summed E-state index contributed by atoms with van der Waals surface area (Å²) in [5.41, 5.74) is 5.06. The van der Waals surface area contributed by atoms with Crippen molar-refractivity contribution in [3.05, 3.63) is 0 Å². The molecule has 1 unspecified atom stereocenters. The molecule has 4 nitrogen and oxygen atoms in total. The number of carboxylic acids is 1. The molecule has 0 aliphatic heterocycles. The molecule has 1 fully saturated rings. The molecule has 0 heterocycles. The zero-order valence-corrected chi connectivity index (χ0v) is 11.4. The lowest BCUT2D eigenvalue weighted by molar-refractivity contribution is -0.145. The quantitative estimate of drug-likeness (QED) is 0.711. The van der Waals surface area contributed by atoms with E-state index in [1.54, 1.807) is 0 Å². The van der Waals surface area contributed by atoms with E-state index in [1.165, 1.54) is 0 Å². The molecule has 0 amide bonds. The lowest BCUT2D eigenvalue weighted by Crippen LogP contribution is -2.59. The fourth-order valence-electron chi connectivity index (χ4n) is 2.23. The average molecular weight is 242 g/mol. The number of nitrogens with two attached hydrogens (primary N) is 1. The Morgan fingerprint density at radius 2 is 1.94 bits per heavy atom. The molecule has 0 aromatic carbocycles. The first-order valence-corrected chi connectivity index (χ1v) is 6.53. The van der Waals surface area contributed by atoms with Gasteiger partial charge in [-0.2, -0.15) is 0 Å². The van der Waals surface area contributed by atoms with Crippen LogP contribution in [0, 0.1) is 11.8 Å².